The van der Waals surface area contributed by atoms with Gasteiger partial charge in [-0.05, 0) is 17.7 Å². The lowest BCUT2D eigenvalue weighted by atomic mass is 9.94. The summed E-state index contributed by atoms with van der Waals surface area (Å²) >= 11 is 5.93. The number of hydrogen-bond acceptors (Lipinski definition) is 2. The zero-order valence-electron chi connectivity index (χ0n) is 11.8. The molecular formula is C15H24ClNO. The normalized spacial score (nSPS) is 12.1. The smallest absolute Gasteiger partial charge is 0.0717 e. The minimum absolute atomic E-state index is 0.142. The Balaban J connectivity index is 2.32. The van der Waals surface area contributed by atoms with Crippen LogP contribution >= 0.6 is 11.6 Å². The van der Waals surface area contributed by atoms with Crippen LogP contribution in [0.3, 0.4) is 0 Å². The second-order valence-corrected chi connectivity index (χ2v) is 6.26. The highest BCUT2D eigenvalue weighted by Crippen LogP contribution is 2.16. The molecule has 0 spiro atoms. The van der Waals surface area contributed by atoms with E-state index in [-0.39, 0.29) is 5.41 Å². The molecule has 0 saturated heterocycles. The molecule has 0 atom stereocenters. The molecule has 0 aliphatic carbocycles. The number of halogens is 1. The highest BCUT2D eigenvalue weighted by molar-refractivity contribution is 6.30. The number of nitrogens with one attached hydrogen (secondary N) is 1. The Hall–Kier alpha value is -0.570. The zero-order chi connectivity index (χ0) is 13.6. The van der Waals surface area contributed by atoms with Crippen molar-refractivity contribution in [2.75, 3.05) is 13.2 Å². The second kappa shape index (κ2) is 7.13. The fourth-order valence-electron chi connectivity index (χ4n) is 1.60. The maximum Gasteiger partial charge on any atom is 0.0717 e. The predicted octanol–water partition coefficient (Wildman–Crippen LogP) is 3.88. The summed E-state index contributed by atoms with van der Waals surface area (Å²) in [6.45, 7) is 11.0. The lowest BCUT2D eigenvalue weighted by Gasteiger charge is -2.26. The Morgan fingerprint density at radius 1 is 1.33 bits per heavy atom. The van der Waals surface area contributed by atoms with Crippen molar-refractivity contribution in [2.24, 2.45) is 5.41 Å². The lowest BCUT2D eigenvalue weighted by molar-refractivity contribution is 0.0504. The first-order valence-corrected chi connectivity index (χ1v) is 6.82. The van der Waals surface area contributed by atoms with Gasteiger partial charge in [0.1, 0.15) is 0 Å². The maximum absolute atomic E-state index is 5.93. The average molecular weight is 270 g/mol. The van der Waals surface area contributed by atoms with Crippen LogP contribution in [0.1, 0.15) is 33.3 Å². The van der Waals surface area contributed by atoms with E-state index in [2.05, 4.69) is 33.0 Å². The molecule has 18 heavy (non-hydrogen) atoms. The molecule has 0 saturated carbocycles. The minimum atomic E-state index is 0.142. The van der Waals surface area contributed by atoms with Crippen molar-refractivity contribution in [1.29, 1.82) is 0 Å². The number of hydrogen-bond donors (Lipinski definition) is 1. The Labute approximate surface area is 116 Å². The number of rotatable bonds is 7. The van der Waals surface area contributed by atoms with Crippen LogP contribution in [0.5, 0.6) is 0 Å². The molecule has 1 aromatic rings. The fourth-order valence-corrected chi connectivity index (χ4v) is 1.82. The molecule has 1 aromatic carbocycles. The van der Waals surface area contributed by atoms with Gasteiger partial charge in [-0.1, -0.05) is 51.4 Å². The third kappa shape index (κ3) is 6.39. The molecule has 102 valence electrons. The van der Waals surface area contributed by atoms with E-state index in [1.165, 1.54) is 0 Å². The van der Waals surface area contributed by atoms with Crippen LogP contribution in [0, 0.1) is 5.41 Å². The monoisotopic (exact) mass is 269 g/mol. The van der Waals surface area contributed by atoms with Gasteiger partial charge in [-0.25, -0.2) is 0 Å². The molecule has 2 nitrogen and oxygen atoms in total. The number of benzene rings is 1. The zero-order valence-corrected chi connectivity index (χ0v) is 12.6. The summed E-state index contributed by atoms with van der Waals surface area (Å²) in [7, 11) is 0. The molecule has 0 aliphatic heterocycles. The van der Waals surface area contributed by atoms with Gasteiger partial charge < -0.3 is 10.1 Å². The van der Waals surface area contributed by atoms with E-state index in [9.17, 15) is 0 Å². The summed E-state index contributed by atoms with van der Waals surface area (Å²) in [5.41, 5.74) is 1.26. The Kier molecular flexibility index (Phi) is 6.13. The van der Waals surface area contributed by atoms with Crippen molar-refractivity contribution in [2.45, 2.75) is 40.3 Å². The summed E-state index contributed by atoms with van der Waals surface area (Å²) in [5.74, 6) is 0. The maximum atomic E-state index is 5.93. The van der Waals surface area contributed by atoms with Crippen LogP contribution in [0.4, 0.5) is 0 Å². The average Bonchev–Trinajstić information content (AvgIpc) is 2.26. The minimum Gasteiger partial charge on any atom is -0.376 e. The van der Waals surface area contributed by atoms with Crippen LogP contribution in [-0.2, 0) is 11.3 Å². The van der Waals surface area contributed by atoms with Gasteiger partial charge in [-0.2, -0.15) is 0 Å². The highest BCUT2D eigenvalue weighted by Gasteiger charge is 2.18. The molecule has 0 aliphatic rings. The third-order valence-corrected chi connectivity index (χ3v) is 2.87. The van der Waals surface area contributed by atoms with E-state index in [0.717, 1.165) is 23.7 Å². The molecule has 0 heterocycles. The summed E-state index contributed by atoms with van der Waals surface area (Å²) < 4.78 is 5.77. The van der Waals surface area contributed by atoms with Crippen LogP contribution in [0.2, 0.25) is 5.02 Å². The van der Waals surface area contributed by atoms with Crippen molar-refractivity contribution in [3.05, 3.63) is 34.9 Å². The van der Waals surface area contributed by atoms with E-state index in [0.29, 0.717) is 12.6 Å². The summed E-state index contributed by atoms with van der Waals surface area (Å²) in [6, 6.07) is 8.32. The lowest BCUT2D eigenvalue weighted by Crippen LogP contribution is -2.36. The van der Waals surface area contributed by atoms with Crippen LogP contribution in [0.25, 0.3) is 0 Å². The van der Waals surface area contributed by atoms with E-state index in [1.807, 2.05) is 24.3 Å². The molecule has 0 aromatic heterocycles. The van der Waals surface area contributed by atoms with Gasteiger partial charge in [0.15, 0.2) is 0 Å². The first-order chi connectivity index (χ1) is 8.39. The molecule has 1 rings (SSSR count). The SMILES string of the molecule is CC(C)NCC(C)(C)COCc1cccc(Cl)c1. The Morgan fingerprint density at radius 2 is 2.06 bits per heavy atom. The van der Waals surface area contributed by atoms with Crippen molar-refractivity contribution < 1.29 is 4.74 Å². The van der Waals surface area contributed by atoms with Crippen LogP contribution in [-0.4, -0.2) is 19.2 Å². The fraction of sp³-hybridized carbons (Fsp3) is 0.600. The summed E-state index contributed by atoms with van der Waals surface area (Å²) in [6.07, 6.45) is 0. The first kappa shape index (κ1) is 15.5. The van der Waals surface area contributed by atoms with Crippen molar-refractivity contribution in [3.63, 3.8) is 0 Å². The van der Waals surface area contributed by atoms with Crippen LogP contribution in [0.15, 0.2) is 24.3 Å². The third-order valence-electron chi connectivity index (χ3n) is 2.64. The number of ether oxygens (including phenoxy) is 1. The Morgan fingerprint density at radius 3 is 2.67 bits per heavy atom. The largest absolute Gasteiger partial charge is 0.376 e. The van der Waals surface area contributed by atoms with Gasteiger partial charge in [-0.3, -0.25) is 0 Å². The quantitative estimate of drug-likeness (QED) is 0.811. The van der Waals surface area contributed by atoms with Gasteiger partial charge in [0.05, 0.1) is 13.2 Å². The Bertz CT molecular complexity index is 363. The van der Waals surface area contributed by atoms with E-state index < -0.39 is 0 Å². The van der Waals surface area contributed by atoms with Crippen LogP contribution < -0.4 is 5.32 Å². The molecule has 0 fully saturated rings. The molecule has 3 heteroatoms. The first-order valence-electron chi connectivity index (χ1n) is 6.45. The van der Waals surface area contributed by atoms with Gasteiger partial charge in [0.25, 0.3) is 0 Å². The van der Waals surface area contributed by atoms with Gasteiger partial charge >= 0.3 is 0 Å². The van der Waals surface area contributed by atoms with E-state index in [4.69, 9.17) is 16.3 Å². The predicted molar refractivity (Wildman–Crippen MR) is 78.0 cm³/mol. The van der Waals surface area contributed by atoms with E-state index >= 15 is 0 Å². The summed E-state index contributed by atoms with van der Waals surface area (Å²) in [5, 5.41) is 4.20. The summed E-state index contributed by atoms with van der Waals surface area (Å²) in [4.78, 5) is 0. The van der Waals surface area contributed by atoms with E-state index in [1.54, 1.807) is 0 Å². The molecule has 0 radical (unpaired) electrons. The molecule has 0 unspecified atom stereocenters. The molecule has 1 N–H and O–H groups in total. The van der Waals surface area contributed by atoms with Crippen molar-refractivity contribution >= 4 is 11.6 Å². The topological polar surface area (TPSA) is 21.3 Å². The highest BCUT2D eigenvalue weighted by atomic mass is 35.5. The van der Waals surface area contributed by atoms with Crippen molar-refractivity contribution in [1.82, 2.24) is 5.32 Å². The molecular weight excluding hydrogens is 246 g/mol. The standard InChI is InChI=1S/C15H24ClNO/c1-12(2)17-10-15(3,4)11-18-9-13-6-5-7-14(16)8-13/h5-8,12,17H,9-11H2,1-4H3. The van der Waals surface area contributed by atoms with Crippen molar-refractivity contribution in [3.8, 4) is 0 Å². The second-order valence-electron chi connectivity index (χ2n) is 5.82. The van der Waals surface area contributed by atoms with Gasteiger partial charge in [0, 0.05) is 23.0 Å². The molecule has 0 bridgehead atoms. The molecule has 0 amide bonds. The van der Waals surface area contributed by atoms with Gasteiger partial charge in [-0.15, -0.1) is 0 Å². The van der Waals surface area contributed by atoms with Gasteiger partial charge in [0.2, 0.25) is 0 Å².